The Morgan fingerprint density at radius 3 is 2.73 bits per heavy atom. The Balaban J connectivity index is 2.60. The summed E-state index contributed by atoms with van der Waals surface area (Å²) in [6.07, 6.45) is 0.927. The smallest absolute Gasteiger partial charge is 0.223 e. The van der Waals surface area contributed by atoms with Crippen molar-refractivity contribution in [1.29, 1.82) is 0 Å². The minimum atomic E-state index is 0.198. The Labute approximate surface area is 89.2 Å². The fourth-order valence-corrected chi connectivity index (χ4v) is 1.23. The molecule has 6 nitrogen and oxygen atoms in total. The number of anilines is 3. The van der Waals surface area contributed by atoms with Crippen LogP contribution in [0.25, 0.3) is 0 Å². The van der Waals surface area contributed by atoms with Crippen molar-refractivity contribution in [2.45, 2.75) is 6.42 Å². The van der Waals surface area contributed by atoms with Gasteiger partial charge < -0.3 is 21.1 Å². The molecule has 0 aliphatic heterocycles. The molecule has 1 rings (SSSR count). The molecule has 0 aliphatic rings. The molecule has 6 heteroatoms. The molecule has 1 aromatic rings. The number of hydrogen-bond acceptors (Lipinski definition) is 6. The maximum Gasteiger partial charge on any atom is 0.223 e. The Hall–Kier alpha value is -1.56. The molecule has 4 N–H and O–H groups in total. The second-order valence-electron chi connectivity index (χ2n) is 3.28. The Morgan fingerprint density at radius 2 is 2.13 bits per heavy atom. The molecule has 0 atom stereocenters. The fourth-order valence-electron chi connectivity index (χ4n) is 1.23. The van der Waals surface area contributed by atoms with Crippen LogP contribution >= 0.6 is 0 Å². The summed E-state index contributed by atoms with van der Waals surface area (Å²) in [6.45, 7) is 1.56. The van der Waals surface area contributed by atoms with Crippen molar-refractivity contribution >= 4 is 17.6 Å². The van der Waals surface area contributed by atoms with Gasteiger partial charge in [-0.1, -0.05) is 0 Å². The molecule has 0 fully saturated rings. The van der Waals surface area contributed by atoms with Crippen LogP contribution in [-0.2, 0) is 4.74 Å². The van der Waals surface area contributed by atoms with E-state index in [9.17, 15) is 0 Å². The third-order valence-electron chi connectivity index (χ3n) is 1.98. The predicted molar refractivity (Wildman–Crippen MR) is 60.6 cm³/mol. The molecule has 0 radical (unpaired) electrons. The molecule has 1 aromatic heterocycles. The van der Waals surface area contributed by atoms with E-state index in [2.05, 4.69) is 9.97 Å². The number of hydrogen-bond donors (Lipinski definition) is 2. The van der Waals surface area contributed by atoms with E-state index >= 15 is 0 Å². The normalized spacial score (nSPS) is 10.3. The van der Waals surface area contributed by atoms with Crippen molar-refractivity contribution in [3.8, 4) is 0 Å². The lowest BCUT2D eigenvalue weighted by atomic mass is 10.4. The van der Waals surface area contributed by atoms with E-state index in [1.165, 1.54) is 0 Å². The van der Waals surface area contributed by atoms with Gasteiger partial charge >= 0.3 is 0 Å². The molecule has 15 heavy (non-hydrogen) atoms. The average molecular weight is 211 g/mol. The van der Waals surface area contributed by atoms with Crippen LogP contribution in [0, 0.1) is 0 Å². The minimum absolute atomic E-state index is 0.198. The number of nitrogens with zero attached hydrogens (tertiary/aromatic N) is 3. The third-order valence-corrected chi connectivity index (χ3v) is 1.98. The maximum absolute atomic E-state index is 5.57. The van der Waals surface area contributed by atoms with E-state index in [0.29, 0.717) is 5.82 Å². The predicted octanol–water partition coefficient (Wildman–Crippen LogP) is 0.114. The highest BCUT2D eigenvalue weighted by molar-refractivity contribution is 5.49. The highest BCUT2D eigenvalue weighted by Crippen LogP contribution is 2.13. The first-order chi connectivity index (χ1) is 7.13. The van der Waals surface area contributed by atoms with Gasteiger partial charge in [0, 0.05) is 33.4 Å². The van der Waals surface area contributed by atoms with Crippen LogP contribution in [0.5, 0.6) is 0 Å². The molecule has 0 saturated heterocycles. The van der Waals surface area contributed by atoms with E-state index in [1.807, 2.05) is 11.9 Å². The van der Waals surface area contributed by atoms with Crippen LogP contribution < -0.4 is 16.4 Å². The van der Waals surface area contributed by atoms with Gasteiger partial charge in [-0.05, 0) is 6.42 Å². The van der Waals surface area contributed by atoms with Crippen LogP contribution in [0.2, 0.25) is 0 Å². The van der Waals surface area contributed by atoms with E-state index in [-0.39, 0.29) is 5.95 Å². The lowest BCUT2D eigenvalue weighted by Crippen LogP contribution is -2.21. The number of methoxy groups -OCH3 is 1. The van der Waals surface area contributed by atoms with E-state index < -0.39 is 0 Å². The van der Waals surface area contributed by atoms with Gasteiger partial charge in [-0.3, -0.25) is 0 Å². The zero-order chi connectivity index (χ0) is 11.3. The molecule has 0 saturated carbocycles. The van der Waals surface area contributed by atoms with Crippen molar-refractivity contribution in [2.24, 2.45) is 0 Å². The maximum atomic E-state index is 5.57. The highest BCUT2D eigenvalue weighted by Gasteiger charge is 2.04. The summed E-state index contributed by atoms with van der Waals surface area (Å²) in [5.41, 5.74) is 11.1. The number of ether oxygens (including phenoxy) is 1. The van der Waals surface area contributed by atoms with Crippen LogP contribution in [0.1, 0.15) is 6.42 Å². The Bertz CT molecular complexity index is 297. The fraction of sp³-hybridized carbons (Fsp3) is 0.556. The average Bonchev–Trinajstić information content (AvgIpc) is 2.16. The summed E-state index contributed by atoms with van der Waals surface area (Å²) >= 11 is 0. The molecule has 0 bridgehead atoms. The molecular formula is C9H17N5O. The van der Waals surface area contributed by atoms with Crippen molar-refractivity contribution in [1.82, 2.24) is 9.97 Å². The standard InChI is InChI=1S/C9H17N5O/c1-14(4-3-5-15-2)8-6-7(10)12-9(11)13-8/h6H,3-5H2,1-2H3,(H4,10,11,12,13). The van der Waals surface area contributed by atoms with Crippen molar-refractivity contribution < 1.29 is 4.74 Å². The molecular weight excluding hydrogens is 194 g/mol. The number of aromatic nitrogens is 2. The van der Waals surface area contributed by atoms with E-state index in [0.717, 1.165) is 25.4 Å². The third kappa shape index (κ3) is 3.59. The molecule has 0 amide bonds. The molecule has 84 valence electrons. The van der Waals surface area contributed by atoms with Gasteiger partial charge in [0.25, 0.3) is 0 Å². The number of nitrogens with two attached hydrogens (primary N) is 2. The minimum Gasteiger partial charge on any atom is -0.385 e. The summed E-state index contributed by atoms with van der Waals surface area (Å²) in [5, 5.41) is 0. The van der Waals surface area contributed by atoms with E-state index in [1.54, 1.807) is 13.2 Å². The Kier molecular flexibility index (Phi) is 4.11. The summed E-state index contributed by atoms with van der Waals surface area (Å²) in [6, 6.07) is 1.70. The molecule has 0 unspecified atom stereocenters. The largest absolute Gasteiger partial charge is 0.385 e. The number of rotatable bonds is 5. The van der Waals surface area contributed by atoms with E-state index in [4.69, 9.17) is 16.2 Å². The number of nitrogen functional groups attached to an aromatic ring is 2. The quantitative estimate of drug-likeness (QED) is 0.672. The lowest BCUT2D eigenvalue weighted by molar-refractivity contribution is 0.196. The molecule has 1 heterocycles. The van der Waals surface area contributed by atoms with Crippen LogP contribution in [-0.4, -0.2) is 37.3 Å². The highest BCUT2D eigenvalue weighted by atomic mass is 16.5. The van der Waals surface area contributed by atoms with Gasteiger partial charge in [0.1, 0.15) is 11.6 Å². The van der Waals surface area contributed by atoms with Gasteiger partial charge in [0.2, 0.25) is 5.95 Å². The van der Waals surface area contributed by atoms with Gasteiger partial charge in [-0.2, -0.15) is 9.97 Å². The zero-order valence-corrected chi connectivity index (χ0v) is 9.10. The summed E-state index contributed by atoms with van der Waals surface area (Å²) in [5.74, 6) is 1.32. The first-order valence-electron chi connectivity index (χ1n) is 4.73. The van der Waals surface area contributed by atoms with Crippen molar-refractivity contribution in [2.75, 3.05) is 43.7 Å². The van der Waals surface area contributed by atoms with Crippen molar-refractivity contribution in [3.05, 3.63) is 6.07 Å². The monoisotopic (exact) mass is 211 g/mol. The first-order valence-corrected chi connectivity index (χ1v) is 4.73. The zero-order valence-electron chi connectivity index (χ0n) is 9.10. The molecule has 0 aliphatic carbocycles. The van der Waals surface area contributed by atoms with Crippen LogP contribution in [0.4, 0.5) is 17.6 Å². The van der Waals surface area contributed by atoms with Crippen molar-refractivity contribution in [3.63, 3.8) is 0 Å². The lowest BCUT2D eigenvalue weighted by Gasteiger charge is -2.18. The topological polar surface area (TPSA) is 90.3 Å². The van der Waals surface area contributed by atoms with Crippen LogP contribution in [0.3, 0.4) is 0 Å². The van der Waals surface area contributed by atoms with Gasteiger partial charge in [-0.25, -0.2) is 0 Å². The summed E-state index contributed by atoms with van der Waals surface area (Å²) in [7, 11) is 3.61. The molecule has 0 aromatic carbocycles. The Morgan fingerprint density at radius 1 is 1.40 bits per heavy atom. The second kappa shape index (κ2) is 5.35. The summed E-state index contributed by atoms with van der Waals surface area (Å²) < 4.78 is 4.97. The first kappa shape index (κ1) is 11.5. The summed E-state index contributed by atoms with van der Waals surface area (Å²) in [4.78, 5) is 9.86. The molecule has 0 spiro atoms. The van der Waals surface area contributed by atoms with Gasteiger partial charge in [-0.15, -0.1) is 0 Å². The van der Waals surface area contributed by atoms with Crippen LogP contribution in [0.15, 0.2) is 6.07 Å². The van der Waals surface area contributed by atoms with Gasteiger partial charge in [0.05, 0.1) is 0 Å². The second-order valence-corrected chi connectivity index (χ2v) is 3.28. The van der Waals surface area contributed by atoms with Gasteiger partial charge in [0.15, 0.2) is 0 Å². The SMILES string of the molecule is COCCCN(C)c1cc(N)nc(N)n1.